The quantitative estimate of drug-likeness (QED) is 0.691. The molecule has 9 nitrogen and oxygen atoms in total. The van der Waals surface area contributed by atoms with E-state index in [1.807, 2.05) is 18.4 Å². The van der Waals surface area contributed by atoms with Crippen molar-refractivity contribution in [2.45, 2.75) is 26.4 Å². The van der Waals surface area contributed by atoms with E-state index in [4.69, 9.17) is 4.74 Å². The zero-order chi connectivity index (χ0) is 17.8. The van der Waals surface area contributed by atoms with Crippen molar-refractivity contribution in [1.82, 2.24) is 29.5 Å². The highest BCUT2D eigenvalue weighted by Crippen LogP contribution is 2.24. The molecule has 0 aliphatic heterocycles. The zero-order valence-electron chi connectivity index (χ0n) is 14.2. The number of methoxy groups -OCH3 is 1. The Morgan fingerprint density at radius 3 is 3.04 bits per heavy atom. The van der Waals surface area contributed by atoms with Crippen LogP contribution in [0.25, 0.3) is 10.8 Å². The predicted molar refractivity (Wildman–Crippen MR) is 93.6 cm³/mol. The molecule has 0 bridgehead atoms. The first-order chi connectivity index (χ1) is 12.1. The summed E-state index contributed by atoms with van der Waals surface area (Å²) >= 11 is 1.36. The summed E-state index contributed by atoms with van der Waals surface area (Å²) in [6.45, 7) is 5.25. The number of amides is 1. The topological polar surface area (TPSA) is 99.8 Å². The van der Waals surface area contributed by atoms with E-state index in [9.17, 15) is 4.79 Å². The number of nitrogens with one attached hydrogen (secondary N) is 1. The lowest BCUT2D eigenvalue weighted by Crippen LogP contribution is -2.12. The molecule has 0 aromatic carbocycles. The number of hydrogen-bond acceptors (Lipinski definition) is 7. The van der Waals surface area contributed by atoms with E-state index in [2.05, 4.69) is 25.6 Å². The van der Waals surface area contributed by atoms with Crippen LogP contribution in [0.5, 0.6) is 0 Å². The third-order valence-electron chi connectivity index (χ3n) is 3.47. The molecule has 10 heteroatoms. The van der Waals surface area contributed by atoms with Gasteiger partial charge in [0.2, 0.25) is 0 Å². The van der Waals surface area contributed by atoms with E-state index < -0.39 is 0 Å². The highest BCUT2D eigenvalue weighted by Gasteiger charge is 2.17. The minimum atomic E-state index is -0.288. The Morgan fingerprint density at radius 2 is 2.28 bits per heavy atom. The number of anilines is 1. The molecule has 0 aliphatic rings. The van der Waals surface area contributed by atoms with E-state index in [1.165, 1.54) is 11.3 Å². The molecule has 132 valence electrons. The van der Waals surface area contributed by atoms with Crippen LogP contribution < -0.4 is 5.32 Å². The lowest BCUT2D eigenvalue weighted by Gasteiger charge is -2.07. The van der Waals surface area contributed by atoms with Gasteiger partial charge in [-0.15, -0.1) is 21.5 Å². The van der Waals surface area contributed by atoms with Gasteiger partial charge < -0.3 is 14.6 Å². The van der Waals surface area contributed by atoms with E-state index in [0.717, 1.165) is 0 Å². The first-order valence-electron chi connectivity index (χ1n) is 7.76. The molecule has 0 saturated carbocycles. The Bertz CT molecular complexity index is 852. The van der Waals surface area contributed by atoms with Gasteiger partial charge in [-0.1, -0.05) is 0 Å². The number of thiazole rings is 1. The smallest absolute Gasteiger partial charge is 0.275 e. The lowest BCUT2D eigenvalue weighted by molar-refractivity contribution is 0.102. The van der Waals surface area contributed by atoms with Crippen molar-refractivity contribution in [2.75, 3.05) is 19.0 Å². The van der Waals surface area contributed by atoms with Gasteiger partial charge in [0, 0.05) is 24.7 Å². The Morgan fingerprint density at radius 1 is 1.44 bits per heavy atom. The van der Waals surface area contributed by atoms with Gasteiger partial charge in [-0.3, -0.25) is 9.48 Å². The second-order valence-electron chi connectivity index (χ2n) is 5.63. The highest BCUT2D eigenvalue weighted by atomic mass is 32.1. The van der Waals surface area contributed by atoms with Crippen molar-refractivity contribution in [3.63, 3.8) is 0 Å². The van der Waals surface area contributed by atoms with Gasteiger partial charge in [0.15, 0.2) is 10.8 Å². The Labute approximate surface area is 148 Å². The van der Waals surface area contributed by atoms with Crippen molar-refractivity contribution in [3.8, 4) is 10.8 Å². The fourth-order valence-corrected chi connectivity index (χ4v) is 2.97. The van der Waals surface area contributed by atoms with Crippen LogP contribution in [0.3, 0.4) is 0 Å². The van der Waals surface area contributed by atoms with Gasteiger partial charge in [0.05, 0.1) is 25.0 Å². The van der Waals surface area contributed by atoms with Crippen LogP contribution >= 0.6 is 11.3 Å². The number of ether oxygens (including phenoxy) is 1. The van der Waals surface area contributed by atoms with Crippen molar-refractivity contribution in [1.29, 1.82) is 0 Å². The summed E-state index contributed by atoms with van der Waals surface area (Å²) in [7, 11) is 1.63. The Kier molecular flexibility index (Phi) is 5.19. The van der Waals surface area contributed by atoms with Gasteiger partial charge in [-0.05, 0) is 13.8 Å². The van der Waals surface area contributed by atoms with Crippen LogP contribution in [0.4, 0.5) is 5.69 Å². The van der Waals surface area contributed by atoms with Crippen molar-refractivity contribution < 1.29 is 9.53 Å². The molecule has 0 radical (unpaired) electrons. The molecular weight excluding hydrogens is 342 g/mol. The molecule has 25 heavy (non-hydrogen) atoms. The normalized spacial score (nSPS) is 11.2. The van der Waals surface area contributed by atoms with Gasteiger partial charge in [-0.25, -0.2) is 4.98 Å². The maximum atomic E-state index is 12.4. The van der Waals surface area contributed by atoms with Crippen molar-refractivity contribution >= 4 is 22.9 Å². The zero-order valence-corrected chi connectivity index (χ0v) is 15.0. The predicted octanol–water partition coefficient (Wildman–Crippen LogP) is 2.08. The van der Waals surface area contributed by atoms with Crippen LogP contribution in [0.15, 0.2) is 24.1 Å². The number of aromatic nitrogens is 6. The average Bonchev–Trinajstić information content (AvgIpc) is 3.31. The van der Waals surface area contributed by atoms with Crippen LogP contribution in [0, 0.1) is 0 Å². The SMILES string of the molecule is COCCn1cc(NC(=O)c2csc(-c3nncn3C(C)C)n2)cn1. The molecule has 0 spiro atoms. The summed E-state index contributed by atoms with van der Waals surface area (Å²) in [5.41, 5.74) is 0.948. The third-order valence-corrected chi connectivity index (χ3v) is 4.31. The summed E-state index contributed by atoms with van der Waals surface area (Å²) in [6.07, 6.45) is 5.01. The fraction of sp³-hybridized carbons (Fsp3) is 0.400. The lowest BCUT2D eigenvalue weighted by atomic mass is 10.4. The van der Waals surface area contributed by atoms with Crippen LogP contribution in [-0.2, 0) is 11.3 Å². The number of rotatable bonds is 7. The Balaban J connectivity index is 1.70. The molecule has 0 atom stereocenters. The van der Waals surface area contributed by atoms with Gasteiger partial charge in [0.25, 0.3) is 5.91 Å². The van der Waals surface area contributed by atoms with Gasteiger partial charge in [0.1, 0.15) is 12.0 Å². The summed E-state index contributed by atoms with van der Waals surface area (Å²) in [4.78, 5) is 16.8. The monoisotopic (exact) mass is 361 g/mol. The van der Waals surface area contributed by atoms with E-state index in [1.54, 1.807) is 35.9 Å². The number of carbonyl (C=O) groups excluding carboxylic acids is 1. The second kappa shape index (κ2) is 7.53. The number of hydrogen-bond donors (Lipinski definition) is 1. The fourth-order valence-electron chi connectivity index (χ4n) is 2.18. The Hall–Kier alpha value is -2.59. The number of nitrogens with zero attached hydrogens (tertiary/aromatic N) is 6. The summed E-state index contributed by atoms with van der Waals surface area (Å²) < 4.78 is 8.62. The molecule has 3 aromatic heterocycles. The first kappa shape index (κ1) is 17.2. The minimum Gasteiger partial charge on any atom is -0.383 e. The molecule has 0 saturated heterocycles. The van der Waals surface area contributed by atoms with Crippen molar-refractivity contribution in [2.24, 2.45) is 0 Å². The maximum Gasteiger partial charge on any atom is 0.275 e. The maximum absolute atomic E-state index is 12.4. The van der Waals surface area contributed by atoms with Crippen LogP contribution in [0.1, 0.15) is 30.4 Å². The van der Waals surface area contributed by atoms with E-state index >= 15 is 0 Å². The van der Waals surface area contributed by atoms with E-state index in [-0.39, 0.29) is 11.9 Å². The van der Waals surface area contributed by atoms with Crippen LogP contribution in [0.2, 0.25) is 0 Å². The molecule has 3 aromatic rings. The molecule has 1 N–H and O–H groups in total. The largest absolute Gasteiger partial charge is 0.383 e. The standard InChI is InChI=1S/C15H19N7O2S/c1-10(2)22-9-16-20-13(22)15-19-12(8-25-15)14(23)18-11-6-17-21(7-11)4-5-24-3/h6-10H,4-5H2,1-3H3,(H,18,23). The summed E-state index contributed by atoms with van der Waals surface area (Å²) in [5.74, 6) is 0.371. The highest BCUT2D eigenvalue weighted by molar-refractivity contribution is 7.13. The first-order valence-corrected chi connectivity index (χ1v) is 8.64. The third kappa shape index (κ3) is 3.91. The molecule has 0 fully saturated rings. The molecule has 1 amide bonds. The van der Waals surface area contributed by atoms with Crippen LogP contribution in [-0.4, -0.2) is 49.2 Å². The summed E-state index contributed by atoms with van der Waals surface area (Å²) in [5, 5.41) is 17.3. The minimum absolute atomic E-state index is 0.212. The van der Waals surface area contributed by atoms with Gasteiger partial charge >= 0.3 is 0 Å². The molecule has 0 aliphatic carbocycles. The molecule has 0 unspecified atom stereocenters. The molecular formula is C15H19N7O2S. The molecule has 3 rings (SSSR count). The number of carbonyl (C=O) groups is 1. The summed E-state index contributed by atoms with van der Waals surface area (Å²) in [6, 6.07) is 0.212. The second-order valence-corrected chi connectivity index (χ2v) is 6.49. The average molecular weight is 361 g/mol. The van der Waals surface area contributed by atoms with Gasteiger partial charge in [-0.2, -0.15) is 5.10 Å². The van der Waals surface area contributed by atoms with Crippen molar-refractivity contribution in [3.05, 3.63) is 29.8 Å². The molecule has 3 heterocycles. The van der Waals surface area contributed by atoms with E-state index in [0.29, 0.717) is 35.4 Å².